The molecule has 1 aliphatic carbocycles. The number of guanidine groups is 1. The van der Waals surface area contributed by atoms with Gasteiger partial charge in [0.05, 0.1) is 0 Å². The lowest BCUT2D eigenvalue weighted by molar-refractivity contribution is 0.0811. The van der Waals surface area contributed by atoms with Gasteiger partial charge in [-0.25, -0.2) is 4.39 Å². The smallest absolute Gasteiger partial charge is 0.188 e. The molecule has 21 heavy (non-hydrogen) atoms. The van der Waals surface area contributed by atoms with Crippen LogP contribution in [0.15, 0.2) is 4.99 Å². The number of nitrogens with one attached hydrogen (secondary N) is 2. The van der Waals surface area contributed by atoms with Crippen molar-refractivity contribution >= 4 is 5.96 Å². The van der Waals surface area contributed by atoms with Crippen LogP contribution >= 0.6 is 0 Å². The monoisotopic (exact) mass is 296 g/mol. The van der Waals surface area contributed by atoms with E-state index in [4.69, 9.17) is 5.73 Å². The fourth-order valence-corrected chi connectivity index (χ4v) is 4.59. The Morgan fingerprint density at radius 1 is 1.24 bits per heavy atom. The number of aliphatic imine (C=N–C) groups is 1. The maximum atomic E-state index is 13.8. The second kappa shape index (κ2) is 6.51. The molecule has 0 radical (unpaired) electrons. The van der Waals surface area contributed by atoms with Gasteiger partial charge < -0.3 is 16.4 Å². The van der Waals surface area contributed by atoms with Gasteiger partial charge in [-0.2, -0.15) is 0 Å². The second-order valence-electron chi connectivity index (χ2n) is 7.16. The maximum Gasteiger partial charge on any atom is 0.188 e. The van der Waals surface area contributed by atoms with Crippen LogP contribution in [-0.2, 0) is 0 Å². The van der Waals surface area contributed by atoms with Gasteiger partial charge in [0, 0.05) is 18.6 Å². The maximum absolute atomic E-state index is 13.8. The molecule has 2 aliphatic heterocycles. The molecule has 2 heterocycles. The lowest BCUT2D eigenvalue weighted by Gasteiger charge is -2.45. The molecule has 0 spiro atoms. The first-order valence-corrected chi connectivity index (χ1v) is 8.59. The summed E-state index contributed by atoms with van der Waals surface area (Å²) in [5.41, 5.74) is 5.86. The Hall–Kier alpha value is -0.840. The van der Waals surface area contributed by atoms with Crippen molar-refractivity contribution in [1.82, 2.24) is 10.6 Å². The second-order valence-corrected chi connectivity index (χ2v) is 7.16. The van der Waals surface area contributed by atoms with Crippen LogP contribution in [0.5, 0.6) is 0 Å². The summed E-state index contributed by atoms with van der Waals surface area (Å²) in [6.45, 7) is 4.00. The fourth-order valence-electron chi connectivity index (χ4n) is 4.59. The molecule has 6 atom stereocenters. The van der Waals surface area contributed by atoms with Crippen molar-refractivity contribution in [2.45, 2.75) is 63.7 Å². The number of piperidine rings is 1. The van der Waals surface area contributed by atoms with Crippen LogP contribution in [0.1, 0.15) is 45.4 Å². The third kappa shape index (κ3) is 3.33. The topological polar surface area (TPSA) is 62.4 Å². The zero-order valence-electron chi connectivity index (χ0n) is 13.0. The van der Waals surface area contributed by atoms with E-state index in [9.17, 15) is 4.39 Å². The molecule has 3 rings (SSSR count). The van der Waals surface area contributed by atoms with Crippen LogP contribution in [0.2, 0.25) is 0 Å². The van der Waals surface area contributed by atoms with Crippen LogP contribution in [0.4, 0.5) is 4.39 Å². The average molecular weight is 296 g/mol. The zero-order chi connectivity index (χ0) is 14.8. The van der Waals surface area contributed by atoms with Crippen molar-refractivity contribution in [3.63, 3.8) is 0 Å². The van der Waals surface area contributed by atoms with E-state index in [1.165, 1.54) is 12.8 Å². The summed E-state index contributed by atoms with van der Waals surface area (Å²) >= 11 is 0. The molecule has 3 aliphatic rings. The van der Waals surface area contributed by atoms with Crippen LogP contribution < -0.4 is 16.4 Å². The number of halogens is 1. The Labute approximate surface area is 127 Å². The predicted octanol–water partition coefficient (Wildman–Crippen LogP) is 1.81. The van der Waals surface area contributed by atoms with E-state index in [0.717, 1.165) is 38.8 Å². The van der Waals surface area contributed by atoms with E-state index >= 15 is 0 Å². The highest BCUT2D eigenvalue weighted by Gasteiger charge is 2.40. The van der Waals surface area contributed by atoms with E-state index in [-0.39, 0.29) is 5.92 Å². The highest BCUT2D eigenvalue weighted by Crippen LogP contribution is 2.38. The van der Waals surface area contributed by atoms with Gasteiger partial charge in [-0.15, -0.1) is 0 Å². The van der Waals surface area contributed by atoms with Crippen molar-refractivity contribution in [2.24, 2.45) is 28.5 Å². The van der Waals surface area contributed by atoms with Crippen LogP contribution in [-0.4, -0.2) is 37.3 Å². The number of hydrogen-bond acceptors (Lipinski definition) is 4. The lowest BCUT2D eigenvalue weighted by atomic mass is 9.70. The number of alkyl halides is 1. The lowest BCUT2D eigenvalue weighted by Crippen LogP contribution is -2.57. The van der Waals surface area contributed by atoms with E-state index in [1.54, 1.807) is 0 Å². The minimum absolute atomic E-state index is 0.207. The standard InChI is InChI=1S/C16H29FN4/c1-10-9-11(4-5-13(10)17)15-12(3-2-7-19-15)14-6-8-20-16(18)21-14/h10-15,19H,2-9H2,1H3,(H3,18,20,21)/t10-,11?,12?,13?,14-,15?/m0/s1. The average Bonchev–Trinajstić information content (AvgIpc) is 2.50. The summed E-state index contributed by atoms with van der Waals surface area (Å²) in [5, 5.41) is 7.13. The summed E-state index contributed by atoms with van der Waals surface area (Å²) < 4.78 is 13.8. The number of hydrogen-bond donors (Lipinski definition) is 3. The normalized spacial score (nSPS) is 44.8. The van der Waals surface area contributed by atoms with E-state index < -0.39 is 6.17 Å². The van der Waals surface area contributed by atoms with Crippen LogP contribution in [0.25, 0.3) is 0 Å². The van der Waals surface area contributed by atoms with Gasteiger partial charge in [0.1, 0.15) is 6.17 Å². The SMILES string of the molecule is C[C@H]1CC(C2NCCCC2[C@@H]2CCN=C(N)N2)CCC1F. The molecular formula is C16H29FN4. The van der Waals surface area contributed by atoms with E-state index in [1.807, 2.05) is 0 Å². The summed E-state index contributed by atoms with van der Waals surface area (Å²) in [7, 11) is 0. The summed E-state index contributed by atoms with van der Waals surface area (Å²) in [6.07, 6.45) is 5.72. The van der Waals surface area contributed by atoms with Crippen LogP contribution in [0.3, 0.4) is 0 Å². The fraction of sp³-hybridized carbons (Fsp3) is 0.938. The molecule has 1 saturated heterocycles. The minimum Gasteiger partial charge on any atom is -0.370 e. The van der Waals surface area contributed by atoms with Crippen molar-refractivity contribution in [2.75, 3.05) is 13.1 Å². The quantitative estimate of drug-likeness (QED) is 0.728. The van der Waals surface area contributed by atoms with Gasteiger partial charge in [-0.3, -0.25) is 4.99 Å². The highest BCUT2D eigenvalue weighted by atomic mass is 19.1. The Balaban J connectivity index is 1.68. The van der Waals surface area contributed by atoms with E-state index in [0.29, 0.717) is 29.9 Å². The van der Waals surface area contributed by atoms with Gasteiger partial charge in [-0.05, 0) is 62.8 Å². The first kappa shape index (κ1) is 15.1. The Bertz CT molecular complexity index is 386. The summed E-state index contributed by atoms with van der Waals surface area (Å²) in [5.74, 6) is 2.01. The molecule has 4 N–H and O–H groups in total. The molecule has 0 aromatic rings. The zero-order valence-corrected chi connectivity index (χ0v) is 13.0. The molecule has 4 nitrogen and oxygen atoms in total. The largest absolute Gasteiger partial charge is 0.370 e. The molecule has 120 valence electrons. The first-order chi connectivity index (χ1) is 10.1. The van der Waals surface area contributed by atoms with Crippen molar-refractivity contribution in [3.05, 3.63) is 0 Å². The van der Waals surface area contributed by atoms with Gasteiger partial charge in [0.15, 0.2) is 5.96 Å². The Morgan fingerprint density at radius 3 is 2.86 bits per heavy atom. The summed E-state index contributed by atoms with van der Waals surface area (Å²) in [6, 6.07) is 0.941. The molecule has 4 unspecified atom stereocenters. The van der Waals surface area contributed by atoms with Crippen LogP contribution in [0, 0.1) is 17.8 Å². The van der Waals surface area contributed by atoms with Gasteiger partial charge in [-0.1, -0.05) is 6.92 Å². The van der Waals surface area contributed by atoms with E-state index in [2.05, 4.69) is 22.5 Å². The molecule has 0 bridgehead atoms. The highest BCUT2D eigenvalue weighted by molar-refractivity contribution is 5.78. The molecule has 5 heteroatoms. The molecule has 2 fully saturated rings. The van der Waals surface area contributed by atoms with Crippen molar-refractivity contribution < 1.29 is 4.39 Å². The molecule has 0 aromatic heterocycles. The Morgan fingerprint density at radius 2 is 2.10 bits per heavy atom. The third-order valence-corrected chi connectivity index (χ3v) is 5.74. The van der Waals surface area contributed by atoms with Gasteiger partial charge in [0.2, 0.25) is 0 Å². The third-order valence-electron chi connectivity index (χ3n) is 5.74. The molecule has 0 amide bonds. The molecule has 1 saturated carbocycles. The van der Waals surface area contributed by atoms with Crippen molar-refractivity contribution in [1.29, 1.82) is 0 Å². The summed E-state index contributed by atoms with van der Waals surface area (Å²) in [4.78, 5) is 4.25. The van der Waals surface area contributed by atoms with Gasteiger partial charge in [0.25, 0.3) is 0 Å². The predicted molar refractivity (Wildman–Crippen MR) is 83.9 cm³/mol. The molecular weight excluding hydrogens is 267 g/mol. The van der Waals surface area contributed by atoms with Crippen molar-refractivity contribution in [3.8, 4) is 0 Å². The number of nitrogens with zero attached hydrogens (tertiary/aromatic N) is 1. The van der Waals surface area contributed by atoms with Gasteiger partial charge >= 0.3 is 0 Å². The first-order valence-electron chi connectivity index (χ1n) is 8.59. The minimum atomic E-state index is -0.598. The number of rotatable bonds is 2. The number of nitrogens with two attached hydrogens (primary N) is 1. The molecule has 0 aromatic carbocycles. The Kier molecular flexibility index (Phi) is 4.67.